The van der Waals surface area contributed by atoms with E-state index < -0.39 is 23.7 Å². The van der Waals surface area contributed by atoms with Crippen molar-refractivity contribution < 1.29 is 22.7 Å². The molecule has 0 aliphatic carbocycles. The summed E-state index contributed by atoms with van der Waals surface area (Å²) in [5.41, 5.74) is 4.28. The summed E-state index contributed by atoms with van der Waals surface area (Å²) >= 11 is 0. The number of rotatable bonds is 5. The predicted molar refractivity (Wildman–Crippen MR) is 69.5 cm³/mol. The number of alkyl halides is 3. The monoisotopic (exact) mass is 290 g/mol. The molecule has 0 aliphatic rings. The molecule has 1 rings (SSSR count). The molecular formula is C13H17F3N2O2. The Bertz CT molecular complexity index is 475. The van der Waals surface area contributed by atoms with Gasteiger partial charge in [-0.1, -0.05) is 13.3 Å². The largest absolute Gasteiger partial charge is 0.497 e. The van der Waals surface area contributed by atoms with Crippen LogP contribution in [-0.4, -0.2) is 19.1 Å². The molecule has 0 bridgehead atoms. The molecule has 0 saturated heterocycles. The molecule has 20 heavy (non-hydrogen) atoms. The molecular weight excluding hydrogens is 273 g/mol. The van der Waals surface area contributed by atoms with E-state index in [9.17, 15) is 18.0 Å². The number of carbonyl (C=O) groups is 1. The van der Waals surface area contributed by atoms with E-state index in [1.165, 1.54) is 13.2 Å². The van der Waals surface area contributed by atoms with Crippen LogP contribution in [0.3, 0.4) is 0 Å². The number of hydrogen-bond acceptors (Lipinski definition) is 3. The number of benzene rings is 1. The van der Waals surface area contributed by atoms with Crippen molar-refractivity contribution in [1.29, 1.82) is 0 Å². The molecule has 0 aliphatic heterocycles. The van der Waals surface area contributed by atoms with Crippen molar-refractivity contribution in [2.75, 3.05) is 12.4 Å². The Morgan fingerprint density at radius 1 is 1.45 bits per heavy atom. The number of methoxy groups -OCH3 is 1. The van der Waals surface area contributed by atoms with Crippen LogP contribution in [0.2, 0.25) is 0 Å². The highest BCUT2D eigenvalue weighted by atomic mass is 19.4. The minimum absolute atomic E-state index is 0.0631. The maximum atomic E-state index is 12.9. The quantitative estimate of drug-likeness (QED) is 0.876. The molecule has 0 saturated carbocycles. The Balaban J connectivity index is 3.03. The first-order valence-corrected chi connectivity index (χ1v) is 6.11. The van der Waals surface area contributed by atoms with Gasteiger partial charge in [-0.05, 0) is 24.6 Å². The fraction of sp³-hybridized carbons (Fsp3) is 0.462. The highest BCUT2D eigenvalue weighted by Crippen LogP contribution is 2.37. The van der Waals surface area contributed by atoms with Crippen molar-refractivity contribution in [2.24, 2.45) is 5.73 Å². The van der Waals surface area contributed by atoms with E-state index in [4.69, 9.17) is 10.5 Å². The molecule has 1 amide bonds. The van der Waals surface area contributed by atoms with E-state index in [1.54, 1.807) is 0 Å². The fourth-order valence-electron chi connectivity index (χ4n) is 1.66. The molecule has 112 valence electrons. The first kappa shape index (κ1) is 16.3. The van der Waals surface area contributed by atoms with Crippen molar-refractivity contribution in [3.05, 3.63) is 23.8 Å². The van der Waals surface area contributed by atoms with Crippen LogP contribution in [0.1, 0.15) is 25.3 Å². The number of halogens is 3. The van der Waals surface area contributed by atoms with E-state index in [-0.39, 0.29) is 11.4 Å². The highest BCUT2D eigenvalue weighted by Gasteiger charge is 2.34. The molecule has 4 nitrogen and oxygen atoms in total. The van der Waals surface area contributed by atoms with E-state index in [0.29, 0.717) is 12.8 Å². The first-order valence-electron chi connectivity index (χ1n) is 6.11. The Morgan fingerprint density at radius 2 is 2.10 bits per heavy atom. The van der Waals surface area contributed by atoms with Crippen LogP contribution in [0.5, 0.6) is 5.75 Å². The highest BCUT2D eigenvalue weighted by molar-refractivity contribution is 5.95. The number of nitrogens with one attached hydrogen (secondary N) is 1. The molecule has 1 aromatic carbocycles. The third-order valence-corrected chi connectivity index (χ3v) is 2.73. The SMILES string of the molecule is CCC[C@H](N)C(=O)Nc1ccc(OC)cc1C(F)(F)F. The Labute approximate surface area is 115 Å². The molecule has 1 aromatic rings. The minimum Gasteiger partial charge on any atom is -0.497 e. The zero-order valence-electron chi connectivity index (χ0n) is 11.3. The number of hydrogen-bond donors (Lipinski definition) is 2. The average molecular weight is 290 g/mol. The van der Waals surface area contributed by atoms with Gasteiger partial charge in [0, 0.05) is 0 Å². The number of ether oxygens (including phenoxy) is 1. The van der Waals surface area contributed by atoms with E-state index in [1.807, 2.05) is 6.92 Å². The molecule has 0 aromatic heterocycles. The first-order chi connectivity index (χ1) is 9.29. The minimum atomic E-state index is -4.59. The summed E-state index contributed by atoms with van der Waals surface area (Å²) in [5.74, 6) is -0.573. The van der Waals surface area contributed by atoms with Crippen LogP contribution in [0, 0.1) is 0 Å². The van der Waals surface area contributed by atoms with Crippen molar-refractivity contribution in [3.63, 3.8) is 0 Å². The van der Waals surface area contributed by atoms with Gasteiger partial charge in [0.25, 0.3) is 0 Å². The summed E-state index contributed by atoms with van der Waals surface area (Å²) in [5, 5.41) is 2.21. The number of amides is 1. The van der Waals surface area contributed by atoms with Crippen molar-refractivity contribution in [1.82, 2.24) is 0 Å². The van der Waals surface area contributed by atoms with Crippen LogP contribution in [0.4, 0.5) is 18.9 Å². The molecule has 3 N–H and O–H groups in total. The van der Waals surface area contributed by atoms with Gasteiger partial charge >= 0.3 is 6.18 Å². The van der Waals surface area contributed by atoms with Gasteiger partial charge < -0.3 is 15.8 Å². The third kappa shape index (κ3) is 4.12. The summed E-state index contributed by atoms with van der Waals surface area (Å²) in [7, 11) is 1.27. The molecule has 0 spiro atoms. The second kappa shape index (κ2) is 6.60. The van der Waals surface area contributed by atoms with E-state index in [0.717, 1.165) is 12.1 Å². The van der Waals surface area contributed by atoms with Crippen LogP contribution < -0.4 is 15.8 Å². The predicted octanol–water partition coefficient (Wildman–Crippen LogP) is 2.78. The van der Waals surface area contributed by atoms with Crippen molar-refractivity contribution in [3.8, 4) is 5.75 Å². The van der Waals surface area contributed by atoms with Crippen molar-refractivity contribution >= 4 is 11.6 Å². The number of anilines is 1. The zero-order valence-corrected chi connectivity index (χ0v) is 11.3. The average Bonchev–Trinajstić information content (AvgIpc) is 2.38. The van der Waals surface area contributed by atoms with Crippen LogP contribution in [0.25, 0.3) is 0 Å². The summed E-state index contributed by atoms with van der Waals surface area (Å²) in [4.78, 5) is 11.7. The topological polar surface area (TPSA) is 64.4 Å². The molecule has 0 unspecified atom stereocenters. The maximum absolute atomic E-state index is 12.9. The third-order valence-electron chi connectivity index (χ3n) is 2.73. The number of nitrogens with two attached hydrogens (primary N) is 1. The summed E-state index contributed by atoms with van der Waals surface area (Å²) in [6.07, 6.45) is -3.52. The van der Waals surface area contributed by atoms with Gasteiger partial charge in [0.2, 0.25) is 5.91 Å². The lowest BCUT2D eigenvalue weighted by atomic mass is 10.1. The molecule has 0 fully saturated rings. The Hall–Kier alpha value is -1.76. The van der Waals surface area contributed by atoms with Gasteiger partial charge in [0.1, 0.15) is 5.75 Å². The van der Waals surface area contributed by atoms with Crippen LogP contribution >= 0.6 is 0 Å². The maximum Gasteiger partial charge on any atom is 0.418 e. The second-order valence-corrected chi connectivity index (χ2v) is 4.29. The van der Waals surface area contributed by atoms with E-state index >= 15 is 0 Å². The van der Waals surface area contributed by atoms with Gasteiger partial charge in [-0.25, -0.2) is 0 Å². The fourth-order valence-corrected chi connectivity index (χ4v) is 1.66. The van der Waals surface area contributed by atoms with Crippen LogP contribution in [0.15, 0.2) is 18.2 Å². The van der Waals surface area contributed by atoms with Gasteiger partial charge in [0.15, 0.2) is 0 Å². The summed E-state index contributed by atoms with van der Waals surface area (Å²) in [6, 6.07) is 2.50. The van der Waals surface area contributed by atoms with Gasteiger partial charge in [0.05, 0.1) is 24.4 Å². The smallest absolute Gasteiger partial charge is 0.418 e. The van der Waals surface area contributed by atoms with Gasteiger partial charge in [-0.15, -0.1) is 0 Å². The zero-order chi connectivity index (χ0) is 15.3. The molecule has 0 heterocycles. The number of carbonyl (C=O) groups excluding carboxylic acids is 1. The normalized spacial score (nSPS) is 12.9. The Kier molecular flexibility index (Phi) is 5.38. The van der Waals surface area contributed by atoms with E-state index in [2.05, 4.69) is 5.32 Å². The molecule has 1 atom stereocenters. The van der Waals surface area contributed by atoms with Gasteiger partial charge in [-0.3, -0.25) is 4.79 Å². The lowest BCUT2D eigenvalue weighted by molar-refractivity contribution is -0.137. The Morgan fingerprint density at radius 3 is 2.60 bits per heavy atom. The lowest BCUT2D eigenvalue weighted by Crippen LogP contribution is -2.35. The van der Waals surface area contributed by atoms with Gasteiger partial charge in [-0.2, -0.15) is 13.2 Å². The standard InChI is InChI=1S/C13H17F3N2O2/c1-3-4-10(17)12(19)18-11-6-5-8(20-2)7-9(11)13(14,15)16/h5-7,10H,3-4,17H2,1-2H3,(H,18,19)/t10-/m0/s1. The summed E-state index contributed by atoms with van der Waals surface area (Å²) < 4.78 is 43.5. The molecule has 7 heteroatoms. The van der Waals surface area contributed by atoms with Crippen LogP contribution in [-0.2, 0) is 11.0 Å². The van der Waals surface area contributed by atoms with Crippen molar-refractivity contribution in [2.45, 2.75) is 32.0 Å². The lowest BCUT2D eigenvalue weighted by Gasteiger charge is -2.17. The second-order valence-electron chi connectivity index (χ2n) is 4.29. The summed E-state index contributed by atoms with van der Waals surface area (Å²) in [6.45, 7) is 1.83. The molecule has 0 radical (unpaired) electrons.